The van der Waals surface area contributed by atoms with Gasteiger partial charge in [0.25, 0.3) is 0 Å². The monoisotopic (exact) mass is 319 g/mol. The Balaban J connectivity index is 2.98. The Labute approximate surface area is 124 Å². The van der Waals surface area contributed by atoms with Gasteiger partial charge in [0.15, 0.2) is 0 Å². The molecule has 0 saturated carbocycles. The first-order valence-electron chi connectivity index (χ1n) is 6.19. The third-order valence-electron chi connectivity index (χ3n) is 2.76. The summed E-state index contributed by atoms with van der Waals surface area (Å²) < 4.78 is 41.8. The van der Waals surface area contributed by atoms with Crippen molar-refractivity contribution in [3.8, 4) is 11.5 Å². The predicted octanol–water partition coefficient (Wildman–Crippen LogP) is 0.379. The Kier molecular flexibility index (Phi) is 5.97. The van der Waals surface area contributed by atoms with Crippen LogP contribution in [0.5, 0.6) is 11.5 Å². The van der Waals surface area contributed by atoms with Crippen molar-refractivity contribution in [3.63, 3.8) is 0 Å². The quantitative estimate of drug-likeness (QED) is 0.719. The first kappa shape index (κ1) is 17.7. The molecule has 0 aliphatic carbocycles. The second-order valence-corrected chi connectivity index (χ2v) is 6.51. The van der Waals surface area contributed by atoms with Crippen molar-refractivity contribution in [1.29, 1.82) is 0 Å². The highest BCUT2D eigenvalue weighted by molar-refractivity contribution is 7.89. The number of ether oxygens (including phenoxy) is 3. The number of methoxy groups -OCH3 is 3. The van der Waals surface area contributed by atoms with Crippen molar-refractivity contribution < 1.29 is 27.7 Å². The highest BCUT2D eigenvalue weighted by atomic mass is 32.2. The van der Waals surface area contributed by atoms with E-state index in [1.165, 1.54) is 46.5 Å². The van der Waals surface area contributed by atoms with Crippen LogP contribution in [0.1, 0.15) is 6.92 Å². The summed E-state index contributed by atoms with van der Waals surface area (Å²) in [5.74, 6) is 0.644. The standard InChI is InChI=1S/C13H21NO6S/c1-13(15,9-18-2)8-14-21(16,17)12-6-5-10(19-3)7-11(12)20-4/h5-7,14-15H,8-9H2,1-4H3. The van der Waals surface area contributed by atoms with Crippen LogP contribution in [-0.2, 0) is 14.8 Å². The molecule has 1 unspecified atom stereocenters. The van der Waals surface area contributed by atoms with Gasteiger partial charge in [-0.1, -0.05) is 0 Å². The van der Waals surface area contributed by atoms with Crippen LogP contribution in [0, 0.1) is 0 Å². The van der Waals surface area contributed by atoms with Crippen molar-refractivity contribution in [3.05, 3.63) is 18.2 Å². The van der Waals surface area contributed by atoms with Crippen LogP contribution in [0.15, 0.2) is 23.1 Å². The van der Waals surface area contributed by atoms with Gasteiger partial charge in [0, 0.05) is 19.7 Å². The second kappa shape index (κ2) is 7.08. The van der Waals surface area contributed by atoms with Crippen LogP contribution in [-0.4, -0.2) is 53.6 Å². The number of hydrogen-bond donors (Lipinski definition) is 2. The second-order valence-electron chi connectivity index (χ2n) is 4.77. The third-order valence-corrected chi connectivity index (χ3v) is 4.20. The lowest BCUT2D eigenvalue weighted by Gasteiger charge is -2.22. The minimum Gasteiger partial charge on any atom is -0.497 e. The van der Waals surface area contributed by atoms with Gasteiger partial charge in [-0.2, -0.15) is 0 Å². The number of nitrogens with one attached hydrogen (secondary N) is 1. The molecule has 0 aliphatic heterocycles. The molecule has 0 bridgehead atoms. The van der Waals surface area contributed by atoms with Crippen LogP contribution in [0.4, 0.5) is 0 Å². The number of rotatable bonds is 8. The largest absolute Gasteiger partial charge is 0.497 e. The molecule has 0 heterocycles. The van der Waals surface area contributed by atoms with Gasteiger partial charge < -0.3 is 19.3 Å². The molecule has 1 atom stereocenters. The van der Waals surface area contributed by atoms with Crippen molar-refractivity contribution in [1.82, 2.24) is 4.72 Å². The molecule has 0 radical (unpaired) electrons. The minimum absolute atomic E-state index is 0.00919. The summed E-state index contributed by atoms with van der Waals surface area (Å²) in [7, 11) is 0.446. The molecular weight excluding hydrogens is 298 g/mol. The fourth-order valence-corrected chi connectivity index (χ4v) is 3.00. The van der Waals surface area contributed by atoms with E-state index in [1.807, 2.05) is 0 Å². The molecule has 1 aromatic carbocycles. The molecule has 0 saturated heterocycles. The maximum atomic E-state index is 12.3. The van der Waals surface area contributed by atoms with E-state index in [-0.39, 0.29) is 23.8 Å². The predicted molar refractivity (Wildman–Crippen MR) is 77.2 cm³/mol. The summed E-state index contributed by atoms with van der Waals surface area (Å²) >= 11 is 0. The smallest absolute Gasteiger partial charge is 0.244 e. The Morgan fingerprint density at radius 1 is 1.24 bits per heavy atom. The van der Waals surface area contributed by atoms with Gasteiger partial charge in [-0.15, -0.1) is 0 Å². The van der Waals surface area contributed by atoms with E-state index in [2.05, 4.69) is 4.72 Å². The molecule has 1 aromatic rings. The topological polar surface area (TPSA) is 94.1 Å². The van der Waals surface area contributed by atoms with Crippen LogP contribution >= 0.6 is 0 Å². The number of benzene rings is 1. The Morgan fingerprint density at radius 2 is 1.90 bits per heavy atom. The summed E-state index contributed by atoms with van der Waals surface area (Å²) in [6.45, 7) is 1.30. The molecule has 21 heavy (non-hydrogen) atoms. The van der Waals surface area contributed by atoms with Gasteiger partial charge in [-0.05, 0) is 19.1 Å². The Hall–Kier alpha value is -1.35. The normalized spacial score (nSPS) is 14.5. The number of hydrogen-bond acceptors (Lipinski definition) is 6. The lowest BCUT2D eigenvalue weighted by Crippen LogP contribution is -2.43. The zero-order valence-corrected chi connectivity index (χ0v) is 13.4. The first-order chi connectivity index (χ1) is 9.75. The van der Waals surface area contributed by atoms with Crippen molar-refractivity contribution in [2.75, 3.05) is 34.5 Å². The Morgan fingerprint density at radius 3 is 2.43 bits per heavy atom. The van der Waals surface area contributed by atoms with Crippen LogP contribution in [0.25, 0.3) is 0 Å². The molecule has 0 aromatic heterocycles. The van der Waals surface area contributed by atoms with Crippen molar-refractivity contribution >= 4 is 10.0 Å². The van der Waals surface area contributed by atoms with E-state index in [1.54, 1.807) is 0 Å². The fraction of sp³-hybridized carbons (Fsp3) is 0.538. The Bertz CT molecular complexity index is 570. The molecule has 0 aliphatic rings. The first-order valence-corrected chi connectivity index (χ1v) is 7.67. The van der Waals surface area contributed by atoms with E-state index in [4.69, 9.17) is 14.2 Å². The van der Waals surface area contributed by atoms with Crippen LogP contribution in [0.3, 0.4) is 0 Å². The van der Waals surface area contributed by atoms with Gasteiger partial charge in [-0.25, -0.2) is 13.1 Å². The van der Waals surface area contributed by atoms with Crippen LogP contribution < -0.4 is 14.2 Å². The van der Waals surface area contributed by atoms with Gasteiger partial charge >= 0.3 is 0 Å². The molecule has 7 nitrogen and oxygen atoms in total. The number of sulfonamides is 1. The average molecular weight is 319 g/mol. The zero-order valence-electron chi connectivity index (χ0n) is 12.5. The maximum Gasteiger partial charge on any atom is 0.244 e. The molecule has 120 valence electrons. The average Bonchev–Trinajstić information content (AvgIpc) is 2.44. The summed E-state index contributed by atoms with van der Waals surface area (Å²) in [5.41, 5.74) is -1.30. The maximum absolute atomic E-state index is 12.3. The van der Waals surface area contributed by atoms with E-state index >= 15 is 0 Å². The fourth-order valence-electron chi connectivity index (χ4n) is 1.69. The molecule has 0 amide bonds. The summed E-state index contributed by atoms with van der Waals surface area (Å²) in [4.78, 5) is -0.0287. The van der Waals surface area contributed by atoms with Gasteiger partial charge in [0.1, 0.15) is 16.4 Å². The SMILES string of the molecule is COCC(C)(O)CNS(=O)(=O)c1ccc(OC)cc1OC. The van der Waals surface area contributed by atoms with E-state index < -0.39 is 15.6 Å². The van der Waals surface area contributed by atoms with E-state index in [9.17, 15) is 13.5 Å². The summed E-state index contributed by atoms with van der Waals surface area (Å²) in [6, 6.07) is 4.37. The van der Waals surface area contributed by atoms with E-state index in [0.29, 0.717) is 5.75 Å². The molecule has 0 fully saturated rings. The van der Waals surface area contributed by atoms with Gasteiger partial charge in [0.2, 0.25) is 10.0 Å². The van der Waals surface area contributed by atoms with Crippen molar-refractivity contribution in [2.45, 2.75) is 17.4 Å². The third kappa shape index (κ3) is 4.85. The highest BCUT2D eigenvalue weighted by Gasteiger charge is 2.26. The summed E-state index contributed by atoms with van der Waals surface area (Å²) in [6.07, 6.45) is 0. The number of aliphatic hydroxyl groups is 1. The van der Waals surface area contributed by atoms with Gasteiger partial charge in [0.05, 0.1) is 26.4 Å². The van der Waals surface area contributed by atoms with Crippen LogP contribution in [0.2, 0.25) is 0 Å². The lowest BCUT2D eigenvalue weighted by atomic mass is 10.1. The van der Waals surface area contributed by atoms with Gasteiger partial charge in [-0.3, -0.25) is 0 Å². The highest BCUT2D eigenvalue weighted by Crippen LogP contribution is 2.28. The molecule has 2 N–H and O–H groups in total. The molecule has 8 heteroatoms. The lowest BCUT2D eigenvalue weighted by molar-refractivity contribution is -0.0119. The minimum atomic E-state index is -3.83. The molecule has 1 rings (SSSR count). The molecular formula is C13H21NO6S. The summed E-state index contributed by atoms with van der Waals surface area (Å²) in [5, 5.41) is 9.93. The zero-order chi connectivity index (χ0) is 16.1. The molecule has 0 spiro atoms. The van der Waals surface area contributed by atoms with E-state index in [0.717, 1.165) is 0 Å². The van der Waals surface area contributed by atoms with Crippen molar-refractivity contribution in [2.24, 2.45) is 0 Å².